The predicted octanol–water partition coefficient (Wildman–Crippen LogP) is 3.83. The second-order valence-electron chi connectivity index (χ2n) is 7.04. The van der Waals surface area contributed by atoms with Crippen LogP contribution in [-0.2, 0) is 21.2 Å². The van der Waals surface area contributed by atoms with E-state index in [0.29, 0.717) is 5.69 Å². The zero-order chi connectivity index (χ0) is 20.9. The van der Waals surface area contributed by atoms with E-state index in [1.54, 1.807) is 18.2 Å². The third-order valence-electron chi connectivity index (χ3n) is 4.51. The zero-order valence-electron chi connectivity index (χ0n) is 16.4. The molecule has 3 rings (SSSR count). The summed E-state index contributed by atoms with van der Waals surface area (Å²) in [7, 11) is -3.85. The van der Waals surface area contributed by atoms with E-state index >= 15 is 0 Å². The number of hydrogen-bond acceptors (Lipinski definition) is 3. The van der Waals surface area contributed by atoms with Crippen molar-refractivity contribution in [1.29, 1.82) is 0 Å². The molecule has 5 nitrogen and oxygen atoms in total. The summed E-state index contributed by atoms with van der Waals surface area (Å²) in [5.41, 5.74) is 3.45. The quantitative estimate of drug-likeness (QED) is 0.624. The molecule has 0 saturated carbocycles. The van der Waals surface area contributed by atoms with Crippen molar-refractivity contribution in [2.75, 3.05) is 5.32 Å². The first-order valence-corrected chi connectivity index (χ1v) is 10.8. The van der Waals surface area contributed by atoms with Gasteiger partial charge >= 0.3 is 0 Å². The number of carbonyl (C=O) groups excluding carboxylic acids is 1. The van der Waals surface area contributed by atoms with Crippen molar-refractivity contribution in [3.05, 3.63) is 95.6 Å². The number of nitrogens with one attached hydrogen (secondary N) is 2. The highest BCUT2D eigenvalue weighted by atomic mass is 32.2. The van der Waals surface area contributed by atoms with Gasteiger partial charge in [-0.15, -0.1) is 0 Å². The maximum atomic E-state index is 13.0. The summed E-state index contributed by atoms with van der Waals surface area (Å²) in [6.45, 7) is 3.81. The Hall–Kier alpha value is -2.96. The van der Waals surface area contributed by atoms with Crippen molar-refractivity contribution < 1.29 is 13.2 Å². The number of hydrogen-bond donors (Lipinski definition) is 2. The molecule has 0 spiro atoms. The zero-order valence-corrected chi connectivity index (χ0v) is 17.2. The van der Waals surface area contributed by atoms with Crippen LogP contribution in [0.15, 0.2) is 83.8 Å². The second-order valence-corrected chi connectivity index (χ2v) is 8.75. The summed E-state index contributed by atoms with van der Waals surface area (Å²) >= 11 is 0. The molecule has 0 aliphatic rings. The van der Waals surface area contributed by atoms with Crippen LogP contribution in [0.25, 0.3) is 0 Å². The van der Waals surface area contributed by atoms with E-state index in [4.69, 9.17) is 0 Å². The largest absolute Gasteiger partial charge is 0.325 e. The van der Waals surface area contributed by atoms with Crippen molar-refractivity contribution >= 4 is 21.6 Å². The summed E-state index contributed by atoms with van der Waals surface area (Å²) in [6, 6.07) is 22.3. The summed E-state index contributed by atoms with van der Waals surface area (Å²) in [5, 5.41) is 2.82. The van der Waals surface area contributed by atoms with Crippen LogP contribution in [0, 0.1) is 13.8 Å². The van der Waals surface area contributed by atoms with Crippen LogP contribution in [0.1, 0.15) is 16.7 Å². The van der Waals surface area contributed by atoms with E-state index < -0.39 is 22.0 Å². The van der Waals surface area contributed by atoms with Crippen molar-refractivity contribution in [2.24, 2.45) is 0 Å². The van der Waals surface area contributed by atoms with E-state index in [9.17, 15) is 13.2 Å². The topological polar surface area (TPSA) is 75.3 Å². The van der Waals surface area contributed by atoms with Crippen LogP contribution in [0.4, 0.5) is 5.69 Å². The molecular formula is C23H24N2O3S. The highest BCUT2D eigenvalue weighted by Gasteiger charge is 2.26. The van der Waals surface area contributed by atoms with Crippen molar-refractivity contribution in [2.45, 2.75) is 31.2 Å². The van der Waals surface area contributed by atoms with Gasteiger partial charge in [-0.05, 0) is 55.7 Å². The van der Waals surface area contributed by atoms with Gasteiger partial charge in [0.25, 0.3) is 0 Å². The number of aryl methyl sites for hydroxylation is 2. The fourth-order valence-electron chi connectivity index (χ4n) is 2.96. The fourth-order valence-corrected chi connectivity index (χ4v) is 4.16. The highest BCUT2D eigenvalue weighted by Crippen LogP contribution is 2.15. The van der Waals surface area contributed by atoms with Crippen molar-refractivity contribution in [3.8, 4) is 0 Å². The van der Waals surface area contributed by atoms with Gasteiger partial charge in [-0.3, -0.25) is 4.79 Å². The molecule has 0 heterocycles. The molecule has 2 N–H and O–H groups in total. The maximum absolute atomic E-state index is 13.0. The monoisotopic (exact) mass is 408 g/mol. The summed E-state index contributed by atoms with van der Waals surface area (Å²) in [6.07, 6.45) is 0.240. The summed E-state index contributed by atoms with van der Waals surface area (Å²) < 4.78 is 28.3. The molecule has 0 saturated heterocycles. The number of carbonyl (C=O) groups is 1. The van der Waals surface area contributed by atoms with Gasteiger partial charge in [0.15, 0.2) is 0 Å². The van der Waals surface area contributed by atoms with Gasteiger partial charge in [-0.25, -0.2) is 8.42 Å². The van der Waals surface area contributed by atoms with Crippen molar-refractivity contribution in [1.82, 2.24) is 4.72 Å². The van der Waals surface area contributed by atoms with Crippen LogP contribution in [-0.4, -0.2) is 20.4 Å². The second kappa shape index (κ2) is 9.03. The lowest BCUT2D eigenvalue weighted by atomic mass is 10.1. The third kappa shape index (κ3) is 5.76. The van der Waals surface area contributed by atoms with Gasteiger partial charge in [-0.1, -0.05) is 60.2 Å². The number of anilines is 1. The average Bonchev–Trinajstić information content (AvgIpc) is 2.68. The Morgan fingerprint density at radius 3 is 2.21 bits per heavy atom. The van der Waals surface area contributed by atoms with Crippen LogP contribution >= 0.6 is 0 Å². The lowest BCUT2D eigenvalue weighted by Gasteiger charge is -2.19. The summed E-state index contributed by atoms with van der Waals surface area (Å²) in [5.74, 6) is -0.407. The van der Waals surface area contributed by atoms with E-state index in [1.807, 2.05) is 62.4 Å². The Labute approximate surface area is 171 Å². The molecule has 3 aromatic rings. The molecule has 1 unspecified atom stereocenters. The fraction of sp³-hybridized carbons (Fsp3) is 0.174. The number of rotatable bonds is 7. The molecule has 0 aromatic heterocycles. The number of benzene rings is 3. The van der Waals surface area contributed by atoms with E-state index in [1.165, 1.54) is 12.1 Å². The van der Waals surface area contributed by atoms with E-state index in [-0.39, 0.29) is 11.3 Å². The Kier molecular flexibility index (Phi) is 6.46. The molecule has 0 radical (unpaired) electrons. The van der Waals surface area contributed by atoms with Gasteiger partial charge in [0.2, 0.25) is 15.9 Å². The Balaban J connectivity index is 1.85. The molecule has 1 amide bonds. The maximum Gasteiger partial charge on any atom is 0.242 e. The van der Waals surface area contributed by atoms with Crippen LogP contribution < -0.4 is 10.0 Å². The molecule has 29 heavy (non-hydrogen) atoms. The smallest absolute Gasteiger partial charge is 0.242 e. The van der Waals surface area contributed by atoms with Gasteiger partial charge in [-0.2, -0.15) is 4.72 Å². The van der Waals surface area contributed by atoms with Crippen LogP contribution in [0.5, 0.6) is 0 Å². The van der Waals surface area contributed by atoms with Crippen LogP contribution in [0.3, 0.4) is 0 Å². The minimum atomic E-state index is -3.85. The van der Waals surface area contributed by atoms with E-state index in [0.717, 1.165) is 16.7 Å². The van der Waals surface area contributed by atoms with Gasteiger partial charge < -0.3 is 5.32 Å². The van der Waals surface area contributed by atoms with E-state index in [2.05, 4.69) is 10.0 Å². The predicted molar refractivity (Wildman–Crippen MR) is 115 cm³/mol. The number of sulfonamides is 1. The first kappa shape index (κ1) is 20.8. The minimum Gasteiger partial charge on any atom is -0.325 e. The lowest BCUT2D eigenvalue weighted by molar-refractivity contribution is -0.117. The van der Waals surface area contributed by atoms with Gasteiger partial charge in [0.1, 0.15) is 6.04 Å². The molecule has 150 valence electrons. The van der Waals surface area contributed by atoms with Crippen LogP contribution in [0.2, 0.25) is 0 Å². The standard InChI is InChI=1S/C23H24N2O3S/c1-17-11-13-21(14-12-17)29(27,28)25-22(16-19-8-4-3-5-9-19)23(26)24-20-10-6-7-18(2)15-20/h3-15,22,25H,16H2,1-2H3,(H,24,26). The molecule has 1 atom stereocenters. The molecule has 0 aliphatic carbocycles. The Bertz CT molecular complexity index is 1080. The SMILES string of the molecule is Cc1ccc(S(=O)(=O)NC(Cc2ccccc2)C(=O)Nc2cccc(C)c2)cc1. The Morgan fingerprint density at radius 1 is 0.862 bits per heavy atom. The number of amides is 1. The van der Waals surface area contributed by atoms with Gasteiger partial charge in [0.05, 0.1) is 4.90 Å². The third-order valence-corrected chi connectivity index (χ3v) is 6.00. The van der Waals surface area contributed by atoms with Gasteiger partial charge in [0, 0.05) is 5.69 Å². The molecule has 0 bridgehead atoms. The molecule has 0 aliphatic heterocycles. The lowest BCUT2D eigenvalue weighted by Crippen LogP contribution is -2.45. The Morgan fingerprint density at radius 2 is 1.55 bits per heavy atom. The minimum absolute atomic E-state index is 0.129. The van der Waals surface area contributed by atoms with Crippen molar-refractivity contribution in [3.63, 3.8) is 0 Å². The first-order chi connectivity index (χ1) is 13.8. The molecular weight excluding hydrogens is 384 g/mol. The first-order valence-electron chi connectivity index (χ1n) is 9.34. The normalized spacial score (nSPS) is 12.3. The molecule has 6 heteroatoms. The molecule has 0 fully saturated rings. The molecule has 3 aromatic carbocycles. The summed E-state index contributed by atoms with van der Waals surface area (Å²) in [4.78, 5) is 13.1. The highest BCUT2D eigenvalue weighted by molar-refractivity contribution is 7.89. The average molecular weight is 409 g/mol.